The van der Waals surface area contributed by atoms with Gasteiger partial charge < -0.3 is 20.4 Å². The molecule has 1 fully saturated rings. The first kappa shape index (κ1) is 22.5. The van der Waals surface area contributed by atoms with E-state index in [-0.39, 0.29) is 5.78 Å². The zero-order chi connectivity index (χ0) is 23.0. The number of ketones is 1. The first-order valence-electron chi connectivity index (χ1n) is 11.2. The zero-order valence-corrected chi connectivity index (χ0v) is 19.0. The van der Waals surface area contributed by atoms with Crippen molar-refractivity contribution in [3.05, 3.63) is 84.7 Å². The molecule has 7 heteroatoms. The van der Waals surface area contributed by atoms with Gasteiger partial charge in [-0.25, -0.2) is 9.97 Å². The normalized spacial score (nSPS) is 14.0. The van der Waals surface area contributed by atoms with Gasteiger partial charge in [0.05, 0.1) is 0 Å². The van der Waals surface area contributed by atoms with Crippen molar-refractivity contribution in [1.29, 1.82) is 0 Å². The van der Waals surface area contributed by atoms with Crippen molar-refractivity contribution in [2.45, 2.75) is 13.0 Å². The van der Waals surface area contributed by atoms with Crippen LogP contribution in [-0.2, 0) is 17.8 Å². The lowest BCUT2D eigenvalue weighted by molar-refractivity contribution is -0.114. The number of benzene rings is 2. The number of rotatable bonds is 9. The fourth-order valence-corrected chi connectivity index (χ4v) is 3.81. The van der Waals surface area contributed by atoms with Crippen molar-refractivity contribution >= 4 is 28.8 Å². The predicted octanol–water partition coefficient (Wildman–Crippen LogP) is 3.88. The third-order valence-electron chi connectivity index (χ3n) is 5.75. The Bertz CT molecular complexity index is 1090. The van der Waals surface area contributed by atoms with Gasteiger partial charge in [-0.1, -0.05) is 30.8 Å². The minimum Gasteiger partial charge on any atom is -0.369 e. The number of allylic oxidation sites excluding steroid dienone is 1. The average molecular weight is 443 g/mol. The lowest BCUT2D eigenvalue weighted by atomic mass is 10.1. The number of nitrogens with zero attached hydrogens (tertiary/aromatic N) is 4. The Kier molecular flexibility index (Phi) is 7.32. The number of hydrogen-bond donors (Lipinski definition) is 2. The van der Waals surface area contributed by atoms with E-state index in [1.54, 1.807) is 6.33 Å². The Morgan fingerprint density at radius 2 is 1.73 bits per heavy atom. The number of piperazine rings is 1. The van der Waals surface area contributed by atoms with Crippen LogP contribution in [0.15, 0.2) is 73.6 Å². The van der Waals surface area contributed by atoms with Gasteiger partial charge in [-0.05, 0) is 48.5 Å². The van der Waals surface area contributed by atoms with Crippen molar-refractivity contribution in [2.75, 3.05) is 48.8 Å². The summed E-state index contributed by atoms with van der Waals surface area (Å²) in [6.45, 7) is 8.43. The molecule has 2 N–H and O–H groups in total. The highest BCUT2D eigenvalue weighted by Gasteiger charge is 2.14. The summed E-state index contributed by atoms with van der Waals surface area (Å²) in [4.78, 5) is 25.0. The van der Waals surface area contributed by atoms with E-state index in [0.29, 0.717) is 13.0 Å². The molecule has 0 aliphatic carbocycles. The van der Waals surface area contributed by atoms with Crippen LogP contribution in [0, 0.1) is 0 Å². The third-order valence-corrected chi connectivity index (χ3v) is 5.75. The Hall–Kier alpha value is -3.71. The van der Waals surface area contributed by atoms with Gasteiger partial charge >= 0.3 is 0 Å². The molecule has 1 aliphatic heterocycles. The maximum absolute atomic E-state index is 11.6. The molecule has 2 aromatic carbocycles. The Morgan fingerprint density at radius 1 is 1.00 bits per heavy atom. The van der Waals surface area contributed by atoms with Crippen molar-refractivity contribution in [1.82, 2.24) is 14.9 Å². The molecule has 0 atom stereocenters. The van der Waals surface area contributed by atoms with Crippen LogP contribution in [0.2, 0.25) is 0 Å². The van der Waals surface area contributed by atoms with Gasteiger partial charge in [-0.2, -0.15) is 0 Å². The second-order valence-corrected chi connectivity index (χ2v) is 8.27. The van der Waals surface area contributed by atoms with Crippen molar-refractivity contribution in [3.63, 3.8) is 0 Å². The summed E-state index contributed by atoms with van der Waals surface area (Å²) in [5, 5.41) is 6.68. The highest BCUT2D eigenvalue weighted by molar-refractivity contribution is 5.90. The lowest BCUT2D eigenvalue weighted by Crippen LogP contribution is -2.44. The Labute approximate surface area is 195 Å². The number of carbonyl (C=O) groups is 1. The molecule has 4 rings (SSSR count). The number of hydrogen-bond acceptors (Lipinski definition) is 7. The van der Waals surface area contributed by atoms with Gasteiger partial charge in [0, 0.05) is 56.6 Å². The summed E-state index contributed by atoms with van der Waals surface area (Å²) in [5.41, 5.74) is 4.29. The summed E-state index contributed by atoms with van der Waals surface area (Å²) < 4.78 is 0. The maximum Gasteiger partial charge on any atom is 0.159 e. The molecule has 7 nitrogen and oxygen atoms in total. The van der Waals surface area contributed by atoms with E-state index in [1.807, 2.05) is 30.3 Å². The van der Waals surface area contributed by atoms with Crippen molar-refractivity contribution in [2.24, 2.45) is 0 Å². The van der Waals surface area contributed by atoms with E-state index >= 15 is 0 Å². The fraction of sp³-hybridized carbons (Fsp3) is 0.269. The summed E-state index contributed by atoms with van der Waals surface area (Å²) in [6, 6.07) is 18.3. The van der Waals surface area contributed by atoms with Crippen LogP contribution in [0.3, 0.4) is 0 Å². The van der Waals surface area contributed by atoms with Crippen LogP contribution < -0.4 is 15.5 Å². The van der Waals surface area contributed by atoms with E-state index in [1.165, 1.54) is 11.8 Å². The van der Waals surface area contributed by atoms with Gasteiger partial charge in [0.25, 0.3) is 0 Å². The number of likely N-dealkylation sites (N-methyl/N-ethyl adjacent to an activating group) is 1. The average Bonchev–Trinajstić information content (AvgIpc) is 2.84. The topological polar surface area (TPSA) is 73.4 Å². The second-order valence-electron chi connectivity index (χ2n) is 8.27. The molecule has 0 spiro atoms. The first-order valence-corrected chi connectivity index (χ1v) is 11.2. The Balaban J connectivity index is 1.34. The zero-order valence-electron chi connectivity index (χ0n) is 19.0. The van der Waals surface area contributed by atoms with Crippen LogP contribution in [0.1, 0.15) is 11.1 Å². The molecule has 33 heavy (non-hydrogen) atoms. The Morgan fingerprint density at radius 3 is 2.48 bits per heavy atom. The molecular formula is C26H30N6O. The molecule has 0 unspecified atom stereocenters. The smallest absolute Gasteiger partial charge is 0.159 e. The van der Waals surface area contributed by atoms with E-state index in [4.69, 9.17) is 0 Å². The molecule has 0 saturated carbocycles. The first-order chi connectivity index (χ1) is 16.1. The SMILES string of the molecule is C=CC(=O)Cc1cccc(CNc2cc(Nc3ccc(N4CCN(C)CC4)cc3)ncn2)c1. The van der Waals surface area contributed by atoms with E-state index in [0.717, 1.165) is 54.6 Å². The predicted molar refractivity (Wildman–Crippen MR) is 134 cm³/mol. The molecule has 1 saturated heterocycles. The summed E-state index contributed by atoms with van der Waals surface area (Å²) in [7, 11) is 2.17. The highest BCUT2D eigenvalue weighted by atomic mass is 16.1. The van der Waals surface area contributed by atoms with E-state index in [2.05, 4.69) is 68.3 Å². The quantitative estimate of drug-likeness (QED) is 0.487. The minimum absolute atomic E-state index is 0.0168. The van der Waals surface area contributed by atoms with Gasteiger partial charge in [0.1, 0.15) is 18.0 Å². The van der Waals surface area contributed by atoms with Crippen molar-refractivity contribution in [3.8, 4) is 0 Å². The maximum atomic E-state index is 11.6. The number of nitrogens with one attached hydrogen (secondary N) is 2. The standard InChI is InChI=1S/C26H30N6O/c1-3-24(33)16-20-5-4-6-21(15-20)18-27-25-17-26(29-19-28-25)30-22-7-9-23(10-8-22)32-13-11-31(2)12-14-32/h3-10,15,17,19H,1,11-14,16,18H2,2H3,(H2,27,28,29,30). The molecule has 3 aromatic rings. The molecule has 0 bridgehead atoms. The summed E-state index contributed by atoms with van der Waals surface area (Å²) in [6.07, 6.45) is 3.27. The molecule has 1 aliphatic rings. The number of anilines is 4. The fourth-order valence-electron chi connectivity index (χ4n) is 3.81. The van der Waals surface area contributed by atoms with Crippen LogP contribution in [0.4, 0.5) is 23.0 Å². The minimum atomic E-state index is 0.0168. The molecule has 0 amide bonds. The second kappa shape index (κ2) is 10.7. The largest absolute Gasteiger partial charge is 0.369 e. The number of carbonyl (C=O) groups excluding carboxylic acids is 1. The van der Waals surface area contributed by atoms with Crippen LogP contribution in [-0.4, -0.2) is 53.9 Å². The van der Waals surface area contributed by atoms with Gasteiger partial charge in [-0.15, -0.1) is 0 Å². The monoisotopic (exact) mass is 442 g/mol. The molecular weight excluding hydrogens is 412 g/mol. The third kappa shape index (κ3) is 6.40. The molecule has 170 valence electrons. The van der Waals surface area contributed by atoms with E-state index < -0.39 is 0 Å². The number of aromatic nitrogens is 2. The van der Waals surface area contributed by atoms with Crippen LogP contribution >= 0.6 is 0 Å². The summed E-state index contributed by atoms with van der Waals surface area (Å²) >= 11 is 0. The van der Waals surface area contributed by atoms with Gasteiger partial charge in [0.15, 0.2) is 5.78 Å². The van der Waals surface area contributed by atoms with E-state index in [9.17, 15) is 4.79 Å². The van der Waals surface area contributed by atoms with Crippen molar-refractivity contribution < 1.29 is 4.79 Å². The van der Waals surface area contributed by atoms with Crippen LogP contribution in [0.5, 0.6) is 0 Å². The van der Waals surface area contributed by atoms with Crippen LogP contribution in [0.25, 0.3) is 0 Å². The molecule has 2 heterocycles. The van der Waals surface area contributed by atoms with Gasteiger partial charge in [0.2, 0.25) is 0 Å². The summed E-state index contributed by atoms with van der Waals surface area (Å²) in [5.74, 6) is 1.47. The highest BCUT2D eigenvalue weighted by Crippen LogP contribution is 2.22. The molecule has 1 aromatic heterocycles. The molecule has 0 radical (unpaired) electrons. The van der Waals surface area contributed by atoms with Gasteiger partial charge in [-0.3, -0.25) is 4.79 Å². The lowest BCUT2D eigenvalue weighted by Gasteiger charge is -2.34.